The number of carbonyl (C=O) groups is 1. The number of nitrogens with two attached hydrogens (primary N) is 1. The number of unbranched alkanes of at least 4 members (excludes halogenated alkanes) is 1. The van der Waals surface area contributed by atoms with Gasteiger partial charge in [-0.3, -0.25) is 4.79 Å². The molecule has 1 aromatic carbocycles. The van der Waals surface area contributed by atoms with Crippen LogP contribution in [0.25, 0.3) is 0 Å². The van der Waals surface area contributed by atoms with Crippen molar-refractivity contribution >= 4 is 15.9 Å². The summed E-state index contributed by atoms with van der Waals surface area (Å²) in [6, 6.07) is 1.11. The van der Waals surface area contributed by atoms with Crippen molar-refractivity contribution in [3.63, 3.8) is 0 Å². The Morgan fingerprint density at radius 2 is 2.00 bits per heavy atom. The number of rotatable bonds is 6. The number of halogens is 2. The maximum Gasteiger partial charge on any atom is 0.257 e. The Balaban J connectivity index is 3.10. The summed E-state index contributed by atoms with van der Waals surface area (Å²) in [7, 11) is -4.37. The fourth-order valence-electron chi connectivity index (χ4n) is 1.84. The van der Waals surface area contributed by atoms with Crippen molar-refractivity contribution in [2.45, 2.75) is 44.0 Å². The second kappa shape index (κ2) is 6.95. The second-order valence-electron chi connectivity index (χ2n) is 4.80. The quantitative estimate of drug-likeness (QED) is 0.839. The Hall–Kier alpha value is -1.54. The lowest BCUT2D eigenvalue weighted by Crippen LogP contribution is -2.34. The highest BCUT2D eigenvalue weighted by Crippen LogP contribution is 2.20. The molecule has 0 aromatic heterocycles. The number of hydrogen-bond acceptors (Lipinski definition) is 3. The highest BCUT2D eigenvalue weighted by atomic mass is 32.2. The Morgan fingerprint density at radius 3 is 2.52 bits per heavy atom. The molecule has 3 N–H and O–H groups in total. The topological polar surface area (TPSA) is 89.3 Å². The van der Waals surface area contributed by atoms with Crippen LogP contribution in [0.5, 0.6) is 0 Å². The lowest BCUT2D eigenvalue weighted by atomic mass is 10.1. The van der Waals surface area contributed by atoms with Crippen molar-refractivity contribution in [3.05, 3.63) is 29.3 Å². The highest BCUT2D eigenvalue weighted by Gasteiger charge is 2.25. The summed E-state index contributed by atoms with van der Waals surface area (Å²) in [5.41, 5.74) is -0.940. The first kappa shape index (κ1) is 17.5. The van der Waals surface area contributed by atoms with Gasteiger partial charge in [-0.15, -0.1) is 0 Å². The Kier molecular flexibility index (Phi) is 5.79. The molecule has 0 heterocycles. The van der Waals surface area contributed by atoms with E-state index in [1.165, 1.54) is 0 Å². The molecule has 0 bridgehead atoms. The van der Waals surface area contributed by atoms with Crippen molar-refractivity contribution < 1.29 is 22.0 Å². The van der Waals surface area contributed by atoms with Gasteiger partial charge in [0, 0.05) is 6.04 Å². The maximum atomic E-state index is 14.0. The van der Waals surface area contributed by atoms with Crippen LogP contribution in [0.4, 0.5) is 8.78 Å². The summed E-state index contributed by atoms with van der Waals surface area (Å²) in [5.74, 6) is -3.61. The number of nitrogens with one attached hydrogen (secondary N) is 1. The molecule has 5 nitrogen and oxygen atoms in total. The average molecular weight is 320 g/mol. The van der Waals surface area contributed by atoms with E-state index in [4.69, 9.17) is 5.14 Å². The van der Waals surface area contributed by atoms with Crippen molar-refractivity contribution in [3.8, 4) is 0 Å². The minimum atomic E-state index is -4.37. The van der Waals surface area contributed by atoms with Gasteiger partial charge >= 0.3 is 0 Å². The summed E-state index contributed by atoms with van der Waals surface area (Å²) in [6.07, 6.45) is 2.42. The summed E-state index contributed by atoms with van der Waals surface area (Å²) in [6.45, 7) is 3.68. The molecular weight excluding hydrogens is 302 g/mol. The molecule has 118 valence electrons. The van der Waals surface area contributed by atoms with E-state index >= 15 is 0 Å². The second-order valence-corrected chi connectivity index (χ2v) is 6.33. The average Bonchev–Trinajstić information content (AvgIpc) is 2.34. The third-order valence-electron chi connectivity index (χ3n) is 2.96. The minimum absolute atomic E-state index is 0.283. The van der Waals surface area contributed by atoms with Crippen LogP contribution < -0.4 is 10.5 Å². The van der Waals surface area contributed by atoms with Gasteiger partial charge in [-0.2, -0.15) is 0 Å². The van der Waals surface area contributed by atoms with Crippen LogP contribution in [0, 0.1) is 11.6 Å². The molecule has 8 heteroatoms. The minimum Gasteiger partial charge on any atom is -0.349 e. The van der Waals surface area contributed by atoms with E-state index in [0.717, 1.165) is 12.8 Å². The standard InChI is InChI=1S/C13H18F2N2O3S/c1-3-4-5-8(2)17-13(18)11-9(14)6-7-10(12(11)15)21(16,19)20/h6-8H,3-5H2,1-2H3,(H,17,18)(H2,16,19,20). The molecule has 0 fully saturated rings. The molecule has 1 unspecified atom stereocenters. The molecule has 0 saturated carbocycles. The lowest BCUT2D eigenvalue weighted by molar-refractivity contribution is 0.0929. The summed E-state index contributed by atoms with van der Waals surface area (Å²) >= 11 is 0. The summed E-state index contributed by atoms with van der Waals surface area (Å²) in [5, 5.41) is 7.26. The van der Waals surface area contributed by atoms with Crippen molar-refractivity contribution in [1.29, 1.82) is 0 Å². The fraction of sp³-hybridized carbons (Fsp3) is 0.462. The van der Waals surface area contributed by atoms with E-state index in [-0.39, 0.29) is 6.04 Å². The van der Waals surface area contributed by atoms with Crippen LogP contribution in [-0.4, -0.2) is 20.4 Å². The first-order valence-corrected chi connectivity index (χ1v) is 8.04. The largest absolute Gasteiger partial charge is 0.349 e. The summed E-state index contributed by atoms with van der Waals surface area (Å²) in [4.78, 5) is 11.0. The molecule has 1 rings (SSSR count). The molecule has 1 aromatic rings. The molecule has 0 spiro atoms. The van der Waals surface area contributed by atoms with Gasteiger partial charge < -0.3 is 5.32 Å². The molecule has 0 saturated heterocycles. The van der Waals surface area contributed by atoms with Gasteiger partial charge in [0.25, 0.3) is 5.91 Å². The molecule has 0 aliphatic heterocycles. The zero-order valence-electron chi connectivity index (χ0n) is 11.8. The number of primary sulfonamides is 1. The van der Waals surface area contributed by atoms with Crippen LogP contribution >= 0.6 is 0 Å². The van der Waals surface area contributed by atoms with Crippen molar-refractivity contribution in [2.24, 2.45) is 5.14 Å². The van der Waals surface area contributed by atoms with E-state index in [1.807, 2.05) is 6.92 Å². The van der Waals surface area contributed by atoms with E-state index in [0.29, 0.717) is 18.6 Å². The molecule has 0 aliphatic rings. The van der Waals surface area contributed by atoms with Gasteiger partial charge in [-0.25, -0.2) is 22.3 Å². The molecule has 1 amide bonds. The van der Waals surface area contributed by atoms with E-state index in [1.54, 1.807) is 6.92 Å². The van der Waals surface area contributed by atoms with E-state index in [2.05, 4.69) is 5.32 Å². The van der Waals surface area contributed by atoms with E-state index < -0.39 is 38.0 Å². The number of amides is 1. The third-order valence-corrected chi connectivity index (χ3v) is 3.89. The van der Waals surface area contributed by atoms with Gasteiger partial charge in [-0.05, 0) is 25.5 Å². The van der Waals surface area contributed by atoms with Gasteiger partial charge in [0.15, 0.2) is 5.82 Å². The first-order valence-electron chi connectivity index (χ1n) is 6.50. The van der Waals surface area contributed by atoms with Crippen molar-refractivity contribution in [1.82, 2.24) is 5.32 Å². The molecule has 0 radical (unpaired) electrons. The first-order chi connectivity index (χ1) is 9.68. The van der Waals surface area contributed by atoms with Gasteiger partial charge in [0.2, 0.25) is 10.0 Å². The number of sulfonamides is 1. The third kappa shape index (κ3) is 4.47. The predicted octanol–water partition coefficient (Wildman–Crippen LogP) is 1.92. The fourth-order valence-corrected chi connectivity index (χ4v) is 2.45. The smallest absolute Gasteiger partial charge is 0.257 e. The van der Waals surface area contributed by atoms with Gasteiger partial charge in [0.05, 0.1) is 0 Å². The Morgan fingerprint density at radius 1 is 1.38 bits per heavy atom. The van der Waals surface area contributed by atoms with Crippen LogP contribution in [0.1, 0.15) is 43.5 Å². The van der Waals surface area contributed by atoms with E-state index in [9.17, 15) is 22.0 Å². The van der Waals surface area contributed by atoms with Crippen LogP contribution in [-0.2, 0) is 10.0 Å². The monoisotopic (exact) mass is 320 g/mol. The zero-order valence-corrected chi connectivity index (χ0v) is 12.6. The zero-order chi connectivity index (χ0) is 16.2. The number of hydrogen-bond donors (Lipinski definition) is 2. The number of benzene rings is 1. The molecule has 21 heavy (non-hydrogen) atoms. The predicted molar refractivity (Wildman–Crippen MR) is 74.2 cm³/mol. The summed E-state index contributed by atoms with van der Waals surface area (Å²) < 4.78 is 50.0. The normalized spacial score (nSPS) is 13.0. The Labute approximate surface area is 122 Å². The Bertz CT molecular complexity index is 633. The molecule has 0 aliphatic carbocycles. The van der Waals surface area contributed by atoms with Crippen LogP contribution in [0.15, 0.2) is 17.0 Å². The molecular formula is C13H18F2N2O3S. The maximum absolute atomic E-state index is 14.0. The highest BCUT2D eigenvalue weighted by molar-refractivity contribution is 7.89. The lowest BCUT2D eigenvalue weighted by Gasteiger charge is -2.14. The van der Waals surface area contributed by atoms with Gasteiger partial charge in [-0.1, -0.05) is 19.8 Å². The van der Waals surface area contributed by atoms with Crippen LogP contribution in [0.3, 0.4) is 0 Å². The SMILES string of the molecule is CCCCC(C)NC(=O)c1c(F)ccc(S(N)(=O)=O)c1F. The van der Waals surface area contributed by atoms with Crippen molar-refractivity contribution in [2.75, 3.05) is 0 Å². The molecule has 1 atom stereocenters. The van der Waals surface area contributed by atoms with Crippen LogP contribution in [0.2, 0.25) is 0 Å². The number of carbonyl (C=O) groups excluding carboxylic acids is 1. The van der Waals surface area contributed by atoms with Gasteiger partial charge in [0.1, 0.15) is 16.3 Å².